The Balaban J connectivity index is 3.13. The average molecular weight is 401 g/mol. The van der Waals surface area contributed by atoms with E-state index in [4.69, 9.17) is 25.8 Å². The van der Waals surface area contributed by atoms with E-state index in [0.29, 0.717) is 5.56 Å². The van der Waals surface area contributed by atoms with Gasteiger partial charge in [-0.1, -0.05) is 29.8 Å². The molecule has 1 aromatic carbocycles. The molecule has 0 aromatic heterocycles. The first kappa shape index (κ1) is 22.3. The van der Waals surface area contributed by atoms with E-state index in [1.807, 2.05) is 0 Å². The van der Waals surface area contributed by atoms with Gasteiger partial charge in [0.1, 0.15) is 12.4 Å². The summed E-state index contributed by atoms with van der Waals surface area (Å²) in [7, 11) is 3.48. The number of phenols is 1. The quantitative estimate of drug-likeness (QED) is 0.307. The molecule has 9 heteroatoms. The normalized spacial score (nSPS) is 11.1. The summed E-state index contributed by atoms with van der Waals surface area (Å²) in [6, 6.07) is 4.19. The Morgan fingerprint density at radius 2 is 1.70 bits per heavy atom. The van der Waals surface area contributed by atoms with Gasteiger partial charge in [-0.3, -0.25) is 9.59 Å². The van der Waals surface area contributed by atoms with Crippen molar-refractivity contribution < 1.29 is 38.4 Å². The van der Waals surface area contributed by atoms with Crippen LogP contribution >= 0.6 is 11.6 Å². The van der Waals surface area contributed by atoms with Crippen molar-refractivity contribution in [2.75, 3.05) is 27.9 Å². The maximum Gasteiger partial charge on any atom is 0.508 e. The molecule has 1 rings (SSSR count). The second-order valence-electron chi connectivity index (χ2n) is 5.46. The Morgan fingerprint density at radius 3 is 2.22 bits per heavy atom. The van der Waals surface area contributed by atoms with E-state index in [1.165, 1.54) is 37.5 Å². The highest BCUT2D eigenvalue weighted by atomic mass is 35.5. The zero-order valence-electron chi connectivity index (χ0n) is 15.2. The van der Waals surface area contributed by atoms with Crippen molar-refractivity contribution in [3.05, 3.63) is 40.9 Å². The van der Waals surface area contributed by atoms with Gasteiger partial charge >= 0.3 is 18.1 Å². The van der Waals surface area contributed by atoms with Crippen LogP contribution in [0.3, 0.4) is 0 Å². The van der Waals surface area contributed by atoms with Gasteiger partial charge < -0.3 is 24.1 Å². The predicted molar refractivity (Wildman–Crippen MR) is 95.4 cm³/mol. The first-order valence-corrected chi connectivity index (χ1v) is 8.18. The van der Waals surface area contributed by atoms with E-state index in [1.54, 1.807) is 0 Å². The fourth-order valence-electron chi connectivity index (χ4n) is 2.39. The van der Waals surface area contributed by atoms with Crippen LogP contribution in [0.1, 0.15) is 12.0 Å². The number of esters is 2. The smallest absolute Gasteiger partial charge is 0.508 e. The second kappa shape index (κ2) is 10.4. The molecule has 27 heavy (non-hydrogen) atoms. The Morgan fingerprint density at radius 1 is 1.07 bits per heavy atom. The Hall–Kier alpha value is -2.74. The second-order valence-corrected chi connectivity index (χ2v) is 5.87. The third kappa shape index (κ3) is 5.89. The third-order valence-corrected chi connectivity index (χ3v) is 4.13. The van der Waals surface area contributed by atoms with E-state index in [2.05, 4.69) is 4.74 Å². The van der Waals surface area contributed by atoms with Gasteiger partial charge in [-0.2, -0.15) is 0 Å². The summed E-state index contributed by atoms with van der Waals surface area (Å²) >= 11 is 6.11. The highest BCUT2D eigenvalue weighted by Crippen LogP contribution is 2.34. The lowest BCUT2D eigenvalue weighted by Crippen LogP contribution is -2.43. The highest BCUT2D eigenvalue weighted by Gasteiger charge is 2.48. The van der Waals surface area contributed by atoms with Crippen LogP contribution < -0.4 is 0 Å². The fraction of sp³-hybridized carbons (Fsp3) is 0.389. The minimum atomic E-state index is -1.70. The molecular weight excluding hydrogens is 380 g/mol. The zero-order valence-corrected chi connectivity index (χ0v) is 15.9. The fourth-order valence-corrected chi connectivity index (χ4v) is 2.63. The van der Waals surface area contributed by atoms with Gasteiger partial charge in [-0.05, 0) is 24.1 Å². The van der Waals surface area contributed by atoms with Gasteiger partial charge in [-0.15, -0.1) is 0 Å². The maximum atomic E-state index is 12.5. The number of aromatic hydroxyl groups is 1. The van der Waals surface area contributed by atoms with E-state index < -0.39 is 23.5 Å². The van der Waals surface area contributed by atoms with Gasteiger partial charge in [0.2, 0.25) is 0 Å². The molecule has 148 valence electrons. The number of carbonyl (C=O) groups is 3. The van der Waals surface area contributed by atoms with Crippen LogP contribution in [0.25, 0.3) is 0 Å². The molecule has 0 fully saturated rings. The summed E-state index contributed by atoms with van der Waals surface area (Å²) in [6.45, 7) is -0.106. The molecule has 0 spiro atoms. The topological polar surface area (TPSA) is 108 Å². The molecule has 8 nitrogen and oxygen atoms in total. The monoisotopic (exact) mass is 400 g/mol. The van der Waals surface area contributed by atoms with Crippen LogP contribution in [0, 0.1) is 5.41 Å². The van der Waals surface area contributed by atoms with Crippen LogP contribution in [-0.2, 0) is 35.0 Å². The van der Waals surface area contributed by atoms with Crippen molar-refractivity contribution in [2.45, 2.75) is 12.8 Å². The summed E-state index contributed by atoms with van der Waals surface area (Å²) in [6.07, 6.45) is 1.88. The number of carbonyl (C=O) groups excluding carboxylic acids is 3. The van der Waals surface area contributed by atoms with Crippen LogP contribution in [-0.4, -0.2) is 51.1 Å². The lowest BCUT2D eigenvalue weighted by molar-refractivity contribution is -0.169. The summed E-state index contributed by atoms with van der Waals surface area (Å²) < 4.78 is 18.7. The number of benzene rings is 1. The molecule has 0 radical (unpaired) electrons. The van der Waals surface area contributed by atoms with Gasteiger partial charge in [0.15, 0.2) is 5.41 Å². The summed E-state index contributed by atoms with van der Waals surface area (Å²) in [5.74, 6) is -1.67. The molecule has 0 aliphatic heterocycles. The number of halogens is 1. The molecule has 0 atom stereocenters. The molecular formula is C18H21ClO8. The van der Waals surface area contributed by atoms with Crippen molar-refractivity contribution in [1.29, 1.82) is 0 Å². The number of phenolic OH excluding ortho intramolecular Hbond substituents is 1. The standard InChI is InChI=1S/C18H21ClO8/c1-24-15(21)18(16(22)25-2,8-4-5-9-27-17(23)26-3)11-12-6-7-13(20)10-14(12)19/h4-7,10,20H,8-9,11H2,1-3H3/b5-4+. The Labute approximate surface area is 161 Å². The van der Waals surface area contributed by atoms with Gasteiger partial charge in [0, 0.05) is 11.4 Å². The van der Waals surface area contributed by atoms with Crippen molar-refractivity contribution in [3.8, 4) is 5.75 Å². The number of hydrogen-bond donors (Lipinski definition) is 1. The molecule has 0 heterocycles. The van der Waals surface area contributed by atoms with E-state index in [0.717, 1.165) is 14.2 Å². The molecule has 1 aromatic rings. The first-order chi connectivity index (χ1) is 12.8. The van der Waals surface area contributed by atoms with Crippen LogP contribution in [0.2, 0.25) is 5.02 Å². The Kier molecular flexibility index (Phi) is 8.61. The van der Waals surface area contributed by atoms with Gasteiger partial charge in [0.05, 0.1) is 21.3 Å². The zero-order chi connectivity index (χ0) is 20.4. The number of methoxy groups -OCH3 is 3. The third-order valence-electron chi connectivity index (χ3n) is 3.78. The first-order valence-electron chi connectivity index (χ1n) is 7.80. The minimum Gasteiger partial charge on any atom is -0.508 e. The van der Waals surface area contributed by atoms with E-state index in [-0.39, 0.29) is 30.2 Å². The van der Waals surface area contributed by atoms with Gasteiger partial charge in [0.25, 0.3) is 0 Å². The van der Waals surface area contributed by atoms with Crippen LogP contribution in [0.5, 0.6) is 5.75 Å². The minimum absolute atomic E-state index is 0.0506. The lowest BCUT2D eigenvalue weighted by atomic mass is 9.78. The molecule has 0 unspecified atom stereocenters. The van der Waals surface area contributed by atoms with Crippen molar-refractivity contribution >= 4 is 29.7 Å². The van der Waals surface area contributed by atoms with Crippen LogP contribution in [0.4, 0.5) is 4.79 Å². The highest BCUT2D eigenvalue weighted by molar-refractivity contribution is 6.31. The number of rotatable bonds is 8. The molecule has 0 saturated heterocycles. The largest absolute Gasteiger partial charge is 0.508 e. The van der Waals surface area contributed by atoms with E-state index >= 15 is 0 Å². The molecule has 0 bridgehead atoms. The van der Waals surface area contributed by atoms with Crippen LogP contribution in [0.15, 0.2) is 30.4 Å². The molecule has 0 amide bonds. The summed E-state index contributed by atoms with van der Waals surface area (Å²) in [5, 5.41) is 9.67. The average Bonchev–Trinajstić information content (AvgIpc) is 2.66. The summed E-state index contributed by atoms with van der Waals surface area (Å²) in [4.78, 5) is 35.9. The number of hydrogen-bond acceptors (Lipinski definition) is 8. The number of allylic oxidation sites excluding steroid dienone is 1. The van der Waals surface area contributed by atoms with Crippen molar-refractivity contribution in [1.82, 2.24) is 0 Å². The molecule has 0 aliphatic rings. The molecule has 1 N–H and O–H groups in total. The van der Waals surface area contributed by atoms with Gasteiger partial charge in [-0.25, -0.2) is 4.79 Å². The van der Waals surface area contributed by atoms with Crippen molar-refractivity contribution in [2.24, 2.45) is 5.41 Å². The molecule has 0 aliphatic carbocycles. The SMILES string of the molecule is COC(=O)OC/C=C/CC(Cc1ccc(O)cc1Cl)(C(=O)OC)C(=O)OC. The predicted octanol–water partition coefficient (Wildman–Crippen LogP) is 2.65. The van der Waals surface area contributed by atoms with E-state index in [9.17, 15) is 19.5 Å². The van der Waals surface area contributed by atoms with Crippen molar-refractivity contribution in [3.63, 3.8) is 0 Å². The molecule has 0 saturated carbocycles. The lowest BCUT2D eigenvalue weighted by Gasteiger charge is -2.27. The maximum absolute atomic E-state index is 12.5. The number of ether oxygens (including phenoxy) is 4. The Bertz CT molecular complexity index is 697. The summed E-state index contributed by atoms with van der Waals surface area (Å²) in [5.41, 5.74) is -1.25.